The van der Waals surface area contributed by atoms with Crippen molar-refractivity contribution < 1.29 is 40.1 Å². The van der Waals surface area contributed by atoms with Gasteiger partial charge in [-0.2, -0.15) is 0 Å². The molecule has 1 heterocycles. The Bertz CT molecular complexity index is 4620. The van der Waals surface area contributed by atoms with Crippen LogP contribution in [-0.4, -0.2) is 0 Å². The van der Waals surface area contributed by atoms with E-state index in [1.165, 1.54) is 30.3 Å². The van der Waals surface area contributed by atoms with Crippen LogP contribution in [0.3, 0.4) is 0 Å². The Morgan fingerprint density at radius 2 is 0.925 bits per heavy atom. The molecule has 246 valence electrons. The van der Waals surface area contributed by atoms with E-state index >= 15 is 0 Å². The van der Waals surface area contributed by atoms with Gasteiger partial charge >= 0.3 is 0 Å². The smallest absolute Gasteiger partial charge is 0.136 e. The molecule has 0 fully saturated rings. The van der Waals surface area contributed by atoms with Crippen LogP contribution in [0, 0.1) is 0 Å². The predicted molar refractivity (Wildman–Crippen MR) is 225 cm³/mol. The molecule has 0 aliphatic rings. The first-order chi connectivity index (χ1) is 37.1. The molecule has 1 aromatic heterocycles. The Balaban J connectivity index is 1.45. The summed E-state index contributed by atoms with van der Waals surface area (Å²) in [6.07, 6.45) is 0. The lowest BCUT2D eigenvalue weighted by molar-refractivity contribution is 0.669. The summed E-state index contributed by atoms with van der Waals surface area (Å²) >= 11 is 0. The van der Waals surface area contributed by atoms with Crippen LogP contribution in [0.15, 0.2) is 198 Å². The third kappa shape index (κ3) is 4.58. The van der Waals surface area contributed by atoms with Gasteiger partial charge in [-0.15, -0.1) is 0 Å². The molecule has 0 saturated heterocycles. The van der Waals surface area contributed by atoms with Crippen LogP contribution in [0.25, 0.3) is 110 Å². The first-order valence-corrected chi connectivity index (χ1v) is 16.1. The highest BCUT2D eigenvalue weighted by atomic mass is 16.3. The van der Waals surface area contributed by atoms with Crippen molar-refractivity contribution in [1.82, 2.24) is 0 Å². The quantitative estimate of drug-likeness (QED) is 0.167. The largest absolute Gasteiger partial charge is 0.456 e. The standard InChI is InChI=1S/C52H32O/c1-2-14-34(15-3-1)39-25-13-27-48-52(39)46-32-36(29-31-47(46)53-48)49-38-20-7-5-17-35(38)28-30-45(49)51-43-23-10-8-21-41(43)50(42-22-9-11-24-44(42)51)40-26-12-18-33-16-4-6-19-37(33)40/h1-32H/i1D,2D,3D,4D,5D,6D,7D,8D,9D,10D,11D,12D,14D,15D,16D,17D,18D,19D,20D,21D,22D,23D,24D,26D,28D,30D. The number of hydrogen-bond donors (Lipinski definition) is 0. The van der Waals surface area contributed by atoms with Crippen LogP contribution in [0.5, 0.6) is 0 Å². The van der Waals surface area contributed by atoms with E-state index in [0.717, 1.165) is 0 Å². The zero-order chi connectivity index (χ0) is 57.5. The third-order valence-corrected chi connectivity index (χ3v) is 9.24. The van der Waals surface area contributed by atoms with Crippen molar-refractivity contribution in [3.63, 3.8) is 0 Å². The average molecular weight is 699 g/mol. The predicted octanol–water partition coefficient (Wildman–Crippen LogP) is 14.9. The molecule has 11 rings (SSSR count). The van der Waals surface area contributed by atoms with Gasteiger partial charge < -0.3 is 4.42 Å². The summed E-state index contributed by atoms with van der Waals surface area (Å²) < 4.78 is 243. The highest BCUT2D eigenvalue weighted by Crippen LogP contribution is 2.49. The molecule has 0 N–H and O–H groups in total. The van der Waals surface area contributed by atoms with Crippen molar-refractivity contribution in [2.24, 2.45) is 0 Å². The molecule has 1 nitrogen and oxygen atoms in total. The molecule has 53 heavy (non-hydrogen) atoms. The van der Waals surface area contributed by atoms with E-state index in [0.29, 0.717) is 0 Å². The molecular weight excluding hydrogens is 641 g/mol. The van der Waals surface area contributed by atoms with E-state index in [1.807, 2.05) is 0 Å². The van der Waals surface area contributed by atoms with Crippen LogP contribution in [0.2, 0.25) is 0 Å². The molecule has 0 aliphatic carbocycles. The molecule has 11 aromatic rings. The number of hydrogen-bond acceptors (Lipinski definition) is 1. The summed E-state index contributed by atoms with van der Waals surface area (Å²) in [5.41, 5.74) is -2.83. The molecule has 0 radical (unpaired) electrons. The van der Waals surface area contributed by atoms with Gasteiger partial charge in [0.05, 0.1) is 35.6 Å². The summed E-state index contributed by atoms with van der Waals surface area (Å²) in [7, 11) is 0. The monoisotopic (exact) mass is 698 g/mol. The van der Waals surface area contributed by atoms with Crippen LogP contribution < -0.4 is 0 Å². The van der Waals surface area contributed by atoms with Gasteiger partial charge in [-0.05, 0) is 106 Å². The van der Waals surface area contributed by atoms with Gasteiger partial charge in [0.15, 0.2) is 0 Å². The van der Waals surface area contributed by atoms with Crippen LogP contribution in [0.1, 0.15) is 35.6 Å². The maximum Gasteiger partial charge on any atom is 0.136 e. The number of benzene rings is 10. The minimum Gasteiger partial charge on any atom is -0.456 e. The summed E-state index contributed by atoms with van der Waals surface area (Å²) in [5.74, 6) is 0. The fourth-order valence-corrected chi connectivity index (χ4v) is 7.08. The van der Waals surface area contributed by atoms with Gasteiger partial charge in [-0.25, -0.2) is 0 Å². The summed E-state index contributed by atoms with van der Waals surface area (Å²) in [5, 5.41) is -4.53. The van der Waals surface area contributed by atoms with Crippen molar-refractivity contribution in [2.75, 3.05) is 0 Å². The minimum atomic E-state index is -0.960. The van der Waals surface area contributed by atoms with E-state index in [1.54, 1.807) is 6.07 Å². The fourth-order valence-electron chi connectivity index (χ4n) is 7.08. The van der Waals surface area contributed by atoms with E-state index in [4.69, 9.17) is 29.1 Å². The first-order valence-electron chi connectivity index (χ1n) is 29.1. The molecule has 10 aromatic carbocycles. The molecule has 0 bridgehead atoms. The highest BCUT2D eigenvalue weighted by molar-refractivity contribution is 6.25. The minimum absolute atomic E-state index is 0.0723. The maximum atomic E-state index is 10.0. The maximum absolute atomic E-state index is 10.0. The molecule has 0 aliphatic heterocycles. The Hall–Kier alpha value is -6.96. The Morgan fingerprint density at radius 3 is 1.64 bits per heavy atom. The second-order valence-corrected chi connectivity index (χ2v) is 12.0. The molecule has 0 atom stereocenters. The molecule has 0 amide bonds. The molecule has 0 unspecified atom stereocenters. The molecule has 0 spiro atoms. The van der Waals surface area contributed by atoms with E-state index in [-0.39, 0.29) is 44.2 Å². The summed E-state index contributed by atoms with van der Waals surface area (Å²) in [6, 6.07) is -13.0. The average Bonchev–Trinajstić information content (AvgIpc) is 3.80. The first kappa shape index (κ1) is 13.9. The number of furan rings is 1. The van der Waals surface area contributed by atoms with Gasteiger partial charge in [0, 0.05) is 10.8 Å². The Labute approximate surface area is 343 Å². The van der Waals surface area contributed by atoms with Crippen molar-refractivity contribution in [2.45, 2.75) is 0 Å². The lowest BCUT2D eigenvalue weighted by atomic mass is 9.82. The van der Waals surface area contributed by atoms with Crippen LogP contribution in [-0.2, 0) is 0 Å². The summed E-state index contributed by atoms with van der Waals surface area (Å²) in [4.78, 5) is 0. The van der Waals surface area contributed by atoms with E-state index < -0.39 is 222 Å². The van der Waals surface area contributed by atoms with E-state index in [2.05, 4.69) is 0 Å². The molecule has 0 saturated carbocycles. The normalized spacial score (nSPS) is 18.6. The Kier molecular flexibility index (Phi) is 3.09. The van der Waals surface area contributed by atoms with Crippen LogP contribution in [0.4, 0.5) is 0 Å². The lowest BCUT2D eigenvalue weighted by Gasteiger charge is -2.21. The zero-order valence-electron chi connectivity index (χ0n) is 52.9. The van der Waals surface area contributed by atoms with Gasteiger partial charge in [0.25, 0.3) is 0 Å². The Morgan fingerprint density at radius 1 is 0.340 bits per heavy atom. The van der Waals surface area contributed by atoms with E-state index in [9.17, 15) is 11.0 Å². The second kappa shape index (κ2) is 11.8. The SMILES string of the molecule is [2H]c1c([2H])c([2H])c(-c2cccc3oc4ccc(-c5c(-c6c7c([2H])c([2H])c([2H])c([2H])c7c(-c7c([2H])c([2H])c([2H])c8c([2H])c([2H])c([2H])c([2H])c78)c7c([2H])c([2H])c([2H])c([2H])c67)c([2H])c([2H])c6c([2H])c([2H])c([2H])c([2H])c56)cc4c23)c([2H])c1[2H]. The fraction of sp³-hybridized carbons (Fsp3) is 0. The number of fused-ring (bicyclic) bond motifs is 7. The summed E-state index contributed by atoms with van der Waals surface area (Å²) in [6.45, 7) is 0. The van der Waals surface area contributed by atoms with Crippen molar-refractivity contribution in [3.8, 4) is 44.5 Å². The van der Waals surface area contributed by atoms with Crippen molar-refractivity contribution in [3.05, 3.63) is 194 Å². The van der Waals surface area contributed by atoms with Gasteiger partial charge in [-0.3, -0.25) is 0 Å². The van der Waals surface area contributed by atoms with Gasteiger partial charge in [-0.1, -0.05) is 175 Å². The topological polar surface area (TPSA) is 13.1 Å². The van der Waals surface area contributed by atoms with Crippen molar-refractivity contribution >= 4 is 65.0 Å². The second-order valence-electron chi connectivity index (χ2n) is 12.0. The third-order valence-electron chi connectivity index (χ3n) is 9.24. The van der Waals surface area contributed by atoms with Gasteiger partial charge in [0.2, 0.25) is 0 Å². The van der Waals surface area contributed by atoms with Crippen LogP contribution >= 0.6 is 0 Å². The molecular formula is C52H32O. The van der Waals surface area contributed by atoms with Gasteiger partial charge in [0.1, 0.15) is 11.2 Å². The highest BCUT2D eigenvalue weighted by Gasteiger charge is 2.22. The molecule has 1 heteroatoms. The van der Waals surface area contributed by atoms with Crippen molar-refractivity contribution in [1.29, 1.82) is 0 Å². The number of rotatable bonds is 4. The zero-order valence-corrected chi connectivity index (χ0v) is 26.9. The lowest BCUT2D eigenvalue weighted by Crippen LogP contribution is -1.94.